The molecule has 0 unspecified atom stereocenters. The molecule has 0 spiro atoms. The molecule has 0 bridgehead atoms. The zero-order valence-electron chi connectivity index (χ0n) is 22.2. The van der Waals surface area contributed by atoms with Crippen LogP contribution in [0, 0.1) is 6.92 Å². The summed E-state index contributed by atoms with van der Waals surface area (Å²) in [7, 11) is 0. The maximum absolute atomic E-state index is 6.79. The van der Waals surface area contributed by atoms with Gasteiger partial charge in [0.1, 0.15) is 11.5 Å². The van der Waals surface area contributed by atoms with Gasteiger partial charge in [0.05, 0.1) is 0 Å². The van der Waals surface area contributed by atoms with Crippen LogP contribution in [0.25, 0.3) is 22.3 Å². The van der Waals surface area contributed by atoms with Crippen LogP contribution >= 0.6 is 0 Å². The summed E-state index contributed by atoms with van der Waals surface area (Å²) in [5.41, 5.74) is 13.3. The highest BCUT2D eigenvalue weighted by atomic mass is 16.5. The summed E-state index contributed by atoms with van der Waals surface area (Å²) in [6.45, 7) is 2.17. The van der Waals surface area contributed by atoms with Gasteiger partial charge in [0, 0.05) is 17.1 Å². The maximum atomic E-state index is 6.79. The largest absolute Gasteiger partial charge is 0.458 e. The SMILES string of the molecule is Cc1cc2c3c(c1)N(c1ccccc1)c1cccc(-c4ccccc4)c1B3c1c(cccc1-c1ccccc1)O2. The minimum Gasteiger partial charge on any atom is -0.458 e. The Balaban J connectivity index is 1.51. The lowest BCUT2D eigenvalue weighted by Gasteiger charge is -2.41. The van der Waals surface area contributed by atoms with Crippen molar-refractivity contribution >= 4 is 40.2 Å². The van der Waals surface area contributed by atoms with Crippen molar-refractivity contribution in [2.24, 2.45) is 0 Å². The van der Waals surface area contributed by atoms with E-state index in [9.17, 15) is 0 Å². The van der Waals surface area contributed by atoms with E-state index in [4.69, 9.17) is 4.74 Å². The Bertz CT molecular complexity index is 1880. The molecule has 6 aromatic rings. The van der Waals surface area contributed by atoms with Crippen molar-refractivity contribution in [1.82, 2.24) is 0 Å². The number of aryl methyl sites for hydroxylation is 1. The lowest BCUT2D eigenvalue weighted by Crippen LogP contribution is -2.60. The van der Waals surface area contributed by atoms with E-state index in [2.05, 4.69) is 151 Å². The third kappa shape index (κ3) is 3.44. The van der Waals surface area contributed by atoms with Crippen LogP contribution in [-0.2, 0) is 0 Å². The maximum Gasteiger partial charge on any atom is 0.258 e. The molecule has 40 heavy (non-hydrogen) atoms. The number of hydrogen-bond acceptors (Lipinski definition) is 2. The zero-order chi connectivity index (χ0) is 26.6. The van der Waals surface area contributed by atoms with Crippen LogP contribution in [0.2, 0.25) is 0 Å². The summed E-state index contributed by atoms with van der Waals surface area (Å²) in [6, 6.07) is 49.9. The van der Waals surface area contributed by atoms with E-state index in [1.807, 2.05) is 0 Å². The highest BCUT2D eigenvalue weighted by Gasteiger charge is 2.44. The van der Waals surface area contributed by atoms with Crippen LogP contribution in [0.4, 0.5) is 17.1 Å². The second-order valence-electron chi connectivity index (χ2n) is 10.6. The average molecular weight is 511 g/mol. The number of anilines is 3. The standard InChI is InChI=1S/C37H26BNO/c1-25-23-32-37-34(24-25)40-33-22-12-20-30(27-15-7-3-8-16-27)36(33)38(37)35-29(26-13-5-2-6-14-26)19-11-21-31(35)39(32)28-17-9-4-10-18-28/h2-24H,1H3. The minimum atomic E-state index is 0.0112. The topological polar surface area (TPSA) is 12.5 Å². The lowest BCUT2D eigenvalue weighted by molar-refractivity contribution is 0.487. The third-order valence-electron chi connectivity index (χ3n) is 8.17. The number of rotatable bonds is 3. The van der Waals surface area contributed by atoms with Crippen LogP contribution in [0.15, 0.2) is 140 Å². The van der Waals surface area contributed by atoms with E-state index in [1.165, 1.54) is 55.6 Å². The Morgan fingerprint density at radius 1 is 0.500 bits per heavy atom. The zero-order valence-corrected chi connectivity index (χ0v) is 22.2. The van der Waals surface area contributed by atoms with Crippen molar-refractivity contribution in [3.63, 3.8) is 0 Å². The number of ether oxygens (including phenoxy) is 1. The number of nitrogens with zero attached hydrogens (tertiary/aromatic N) is 1. The van der Waals surface area contributed by atoms with Gasteiger partial charge in [0.15, 0.2) is 0 Å². The van der Waals surface area contributed by atoms with Gasteiger partial charge in [-0.25, -0.2) is 0 Å². The van der Waals surface area contributed by atoms with Gasteiger partial charge < -0.3 is 9.64 Å². The van der Waals surface area contributed by atoms with E-state index in [0.29, 0.717) is 0 Å². The summed E-state index contributed by atoms with van der Waals surface area (Å²) in [4.78, 5) is 2.42. The fourth-order valence-electron chi connectivity index (χ4n) is 6.56. The molecule has 2 aliphatic heterocycles. The van der Waals surface area contributed by atoms with E-state index < -0.39 is 0 Å². The molecule has 0 saturated carbocycles. The van der Waals surface area contributed by atoms with Gasteiger partial charge in [0.25, 0.3) is 6.71 Å². The fourth-order valence-corrected chi connectivity index (χ4v) is 6.56. The second-order valence-corrected chi connectivity index (χ2v) is 10.6. The molecule has 6 aromatic carbocycles. The van der Waals surface area contributed by atoms with Crippen LogP contribution in [-0.4, -0.2) is 6.71 Å². The molecular formula is C37H26BNO. The molecule has 0 amide bonds. The van der Waals surface area contributed by atoms with Crippen LogP contribution in [0.3, 0.4) is 0 Å². The molecule has 0 radical (unpaired) electrons. The van der Waals surface area contributed by atoms with Crippen LogP contribution in [0.1, 0.15) is 5.56 Å². The number of benzene rings is 6. The van der Waals surface area contributed by atoms with E-state index >= 15 is 0 Å². The van der Waals surface area contributed by atoms with Gasteiger partial charge in [-0.15, -0.1) is 0 Å². The smallest absolute Gasteiger partial charge is 0.258 e. The van der Waals surface area contributed by atoms with Crippen molar-refractivity contribution in [2.45, 2.75) is 6.92 Å². The minimum absolute atomic E-state index is 0.0112. The Morgan fingerprint density at radius 2 is 1.10 bits per heavy atom. The molecule has 0 fully saturated rings. The molecule has 0 aromatic heterocycles. The highest BCUT2D eigenvalue weighted by molar-refractivity contribution is 7.00. The first kappa shape index (κ1) is 22.9. The first-order valence-electron chi connectivity index (χ1n) is 13.8. The summed E-state index contributed by atoms with van der Waals surface area (Å²) < 4.78 is 6.79. The van der Waals surface area contributed by atoms with Gasteiger partial charge in [0.2, 0.25) is 0 Å². The van der Waals surface area contributed by atoms with Crippen LogP contribution < -0.4 is 26.0 Å². The molecule has 188 valence electrons. The van der Waals surface area contributed by atoms with Gasteiger partial charge >= 0.3 is 0 Å². The monoisotopic (exact) mass is 511 g/mol. The van der Waals surface area contributed by atoms with Gasteiger partial charge in [-0.2, -0.15) is 0 Å². The van der Waals surface area contributed by atoms with E-state index in [1.54, 1.807) is 0 Å². The number of fused-ring (bicyclic) bond motifs is 4. The Hall–Kier alpha value is -5.02. The summed E-state index contributed by atoms with van der Waals surface area (Å²) in [5, 5.41) is 0. The predicted octanol–water partition coefficient (Wildman–Crippen LogP) is 7.73. The second kappa shape index (κ2) is 9.03. The Labute approximate surface area is 235 Å². The molecule has 2 aliphatic rings. The van der Waals surface area contributed by atoms with Gasteiger partial charge in [-0.1, -0.05) is 103 Å². The lowest BCUT2D eigenvalue weighted by atomic mass is 9.32. The normalized spacial score (nSPS) is 12.7. The Kier molecular flexibility index (Phi) is 5.18. The van der Waals surface area contributed by atoms with Crippen molar-refractivity contribution in [2.75, 3.05) is 4.90 Å². The van der Waals surface area contributed by atoms with Crippen molar-refractivity contribution in [1.29, 1.82) is 0 Å². The molecule has 0 saturated heterocycles. The van der Waals surface area contributed by atoms with Crippen molar-refractivity contribution < 1.29 is 4.74 Å². The summed E-state index contributed by atoms with van der Waals surface area (Å²) in [5.74, 6) is 1.87. The molecule has 0 atom stereocenters. The van der Waals surface area contributed by atoms with Crippen molar-refractivity contribution in [3.8, 4) is 33.8 Å². The number of hydrogen-bond donors (Lipinski definition) is 0. The average Bonchev–Trinajstić information content (AvgIpc) is 3.01. The predicted molar refractivity (Wildman–Crippen MR) is 168 cm³/mol. The molecule has 3 heteroatoms. The third-order valence-corrected chi connectivity index (χ3v) is 8.17. The van der Waals surface area contributed by atoms with Gasteiger partial charge in [-0.05, 0) is 87.5 Å². The highest BCUT2D eigenvalue weighted by Crippen LogP contribution is 2.43. The van der Waals surface area contributed by atoms with Gasteiger partial charge in [-0.3, -0.25) is 0 Å². The van der Waals surface area contributed by atoms with Crippen molar-refractivity contribution in [3.05, 3.63) is 145 Å². The Morgan fingerprint density at radius 3 is 1.77 bits per heavy atom. The first-order valence-corrected chi connectivity index (χ1v) is 13.8. The number of para-hydroxylation sites is 1. The molecular weight excluding hydrogens is 485 g/mol. The molecule has 0 aliphatic carbocycles. The molecule has 2 nitrogen and oxygen atoms in total. The van der Waals surface area contributed by atoms with E-state index in [0.717, 1.165) is 17.2 Å². The fraction of sp³-hybridized carbons (Fsp3) is 0.0270. The molecule has 2 heterocycles. The summed E-state index contributed by atoms with van der Waals surface area (Å²) in [6.07, 6.45) is 0. The first-order chi connectivity index (χ1) is 19.8. The quantitative estimate of drug-likeness (QED) is 0.225. The van der Waals surface area contributed by atoms with Crippen LogP contribution in [0.5, 0.6) is 11.5 Å². The summed E-state index contributed by atoms with van der Waals surface area (Å²) >= 11 is 0. The molecule has 0 N–H and O–H groups in total. The molecule has 8 rings (SSSR count). The van der Waals surface area contributed by atoms with E-state index in [-0.39, 0.29) is 6.71 Å².